The van der Waals surface area contributed by atoms with Crippen molar-refractivity contribution >= 4 is 5.70 Å². The summed E-state index contributed by atoms with van der Waals surface area (Å²) < 4.78 is 46.1. The summed E-state index contributed by atoms with van der Waals surface area (Å²) in [6, 6.07) is 14.2. The number of rotatable bonds is 3. The van der Waals surface area contributed by atoms with Crippen LogP contribution in [0.15, 0.2) is 70.9 Å². The molecular weight excluding hydrogens is 305 g/mol. The van der Waals surface area contributed by atoms with E-state index in [4.69, 9.17) is 4.74 Å². The van der Waals surface area contributed by atoms with Gasteiger partial charge in [-0.05, 0) is 35.9 Å². The zero-order chi connectivity index (χ0) is 16.5. The zero-order valence-electron chi connectivity index (χ0n) is 12.2. The van der Waals surface area contributed by atoms with Crippen molar-refractivity contribution in [3.63, 3.8) is 0 Å². The van der Waals surface area contributed by atoms with Crippen molar-refractivity contribution < 1.29 is 17.9 Å². The third-order valence-corrected chi connectivity index (χ3v) is 3.69. The van der Waals surface area contributed by atoms with Crippen molar-refractivity contribution in [2.75, 3.05) is 7.11 Å². The van der Waals surface area contributed by atoms with Crippen LogP contribution in [-0.4, -0.2) is 13.3 Å². The monoisotopic (exact) mass is 318 g/mol. The number of benzene rings is 2. The fourth-order valence-electron chi connectivity index (χ4n) is 2.43. The number of halogens is 3. The fourth-order valence-corrected chi connectivity index (χ4v) is 2.43. The van der Waals surface area contributed by atoms with Crippen LogP contribution in [0.1, 0.15) is 11.1 Å². The molecule has 0 spiro atoms. The molecule has 1 aliphatic rings. The Kier molecular flexibility index (Phi) is 3.67. The first-order valence-electron chi connectivity index (χ1n) is 6.89. The number of ether oxygens (including phenoxy) is 1. The molecule has 1 unspecified atom stereocenters. The largest absolute Gasteiger partial charge is 0.497 e. The minimum atomic E-state index is -4.58. The molecule has 0 saturated heterocycles. The minimum absolute atomic E-state index is 0.0414. The molecule has 0 aromatic heterocycles. The maximum atomic E-state index is 13.7. The summed E-state index contributed by atoms with van der Waals surface area (Å²) in [5, 5.41) is 7.37. The first-order valence-corrected chi connectivity index (χ1v) is 6.89. The van der Waals surface area contributed by atoms with Gasteiger partial charge >= 0.3 is 6.18 Å². The van der Waals surface area contributed by atoms with Gasteiger partial charge < -0.3 is 4.74 Å². The highest BCUT2D eigenvalue weighted by atomic mass is 19.4. The van der Waals surface area contributed by atoms with Gasteiger partial charge in [0, 0.05) is 5.56 Å². The van der Waals surface area contributed by atoms with Gasteiger partial charge in [-0.1, -0.05) is 30.3 Å². The molecule has 0 amide bonds. The lowest BCUT2D eigenvalue weighted by atomic mass is 9.89. The molecule has 118 valence electrons. The highest BCUT2D eigenvalue weighted by Gasteiger charge is 2.57. The lowest BCUT2D eigenvalue weighted by Gasteiger charge is -2.25. The van der Waals surface area contributed by atoms with Crippen LogP contribution in [-0.2, 0) is 5.54 Å². The predicted octanol–water partition coefficient (Wildman–Crippen LogP) is 4.96. The average molecular weight is 318 g/mol. The summed E-state index contributed by atoms with van der Waals surface area (Å²) >= 11 is 0. The molecule has 2 aromatic carbocycles. The smallest absolute Gasteiger partial charge is 0.423 e. The Morgan fingerprint density at radius 1 is 0.957 bits per heavy atom. The van der Waals surface area contributed by atoms with Crippen LogP contribution in [0.4, 0.5) is 13.2 Å². The topological polar surface area (TPSA) is 34.0 Å². The third kappa shape index (κ3) is 2.60. The summed E-state index contributed by atoms with van der Waals surface area (Å²) in [5.74, 6) is 0.620. The van der Waals surface area contributed by atoms with Crippen molar-refractivity contribution in [1.82, 2.24) is 0 Å². The molecule has 0 saturated carbocycles. The minimum Gasteiger partial charge on any atom is -0.497 e. The van der Waals surface area contributed by atoms with Gasteiger partial charge in [0.2, 0.25) is 5.54 Å². The lowest BCUT2D eigenvalue weighted by molar-refractivity contribution is -0.174. The van der Waals surface area contributed by atoms with E-state index in [9.17, 15) is 13.2 Å². The number of azo groups is 1. The van der Waals surface area contributed by atoms with Crippen molar-refractivity contribution in [2.45, 2.75) is 11.7 Å². The van der Waals surface area contributed by atoms with Crippen LogP contribution < -0.4 is 4.74 Å². The first kappa shape index (κ1) is 15.3. The van der Waals surface area contributed by atoms with Gasteiger partial charge in [0.15, 0.2) is 0 Å². The van der Waals surface area contributed by atoms with Crippen molar-refractivity contribution in [2.24, 2.45) is 10.2 Å². The molecule has 0 N–H and O–H groups in total. The fraction of sp³-hybridized carbons (Fsp3) is 0.176. The zero-order valence-corrected chi connectivity index (χ0v) is 12.2. The number of hydrogen-bond acceptors (Lipinski definition) is 3. The molecule has 6 heteroatoms. The van der Waals surface area contributed by atoms with E-state index in [0.717, 1.165) is 6.08 Å². The van der Waals surface area contributed by atoms with E-state index in [1.165, 1.54) is 19.2 Å². The molecular formula is C17H13F3N2O. The second-order valence-electron chi connectivity index (χ2n) is 5.09. The van der Waals surface area contributed by atoms with Crippen molar-refractivity contribution in [3.05, 3.63) is 71.8 Å². The van der Waals surface area contributed by atoms with Crippen LogP contribution in [0.25, 0.3) is 5.70 Å². The Morgan fingerprint density at radius 3 is 2.17 bits per heavy atom. The first-order chi connectivity index (χ1) is 11.0. The molecule has 2 aromatic rings. The molecule has 0 radical (unpaired) electrons. The van der Waals surface area contributed by atoms with Gasteiger partial charge in [0.25, 0.3) is 0 Å². The summed E-state index contributed by atoms with van der Waals surface area (Å²) in [4.78, 5) is 0. The third-order valence-electron chi connectivity index (χ3n) is 3.69. The Balaban J connectivity index is 2.07. The van der Waals surface area contributed by atoms with Crippen molar-refractivity contribution in [3.8, 4) is 5.75 Å². The van der Waals surface area contributed by atoms with Gasteiger partial charge in [-0.2, -0.15) is 23.4 Å². The number of methoxy groups -OCH3 is 1. The Bertz CT molecular complexity index is 752. The molecule has 3 nitrogen and oxygen atoms in total. The molecule has 0 aliphatic carbocycles. The van der Waals surface area contributed by atoms with Crippen LogP contribution in [0.2, 0.25) is 0 Å². The molecule has 0 bridgehead atoms. The lowest BCUT2D eigenvalue weighted by Crippen LogP contribution is -2.37. The van der Waals surface area contributed by atoms with Gasteiger partial charge in [-0.15, -0.1) is 0 Å². The Labute approximate surface area is 131 Å². The maximum absolute atomic E-state index is 13.7. The maximum Gasteiger partial charge on any atom is 0.423 e. The second-order valence-corrected chi connectivity index (χ2v) is 5.09. The molecule has 0 fully saturated rings. The summed E-state index contributed by atoms with van der Waals surface area (Å²) in [5.41, 5.74) is -1.66. The van der Waals surface area contributed by atoms with Crippen LogP contribution in [0.3, 0.4) is 0 Å². The molecule has 23 heavy (non-hydrogen) atoms. The van der Waals surface area contributed by atoms with Gasteiger partial charge in [-0.25, -0.2) is 0 Å². The normalized spacial score (nSPS) is 20.4. The van der Waals surface area contributed by atoms with Gasteiger partial charge in [0.05, 0.1) is 12.8 Å². The quantitative estimate of drug-likeness (QED) is 0.787. The van der Waals surface area contributed by atoms with Crippen LogP contribution in [0.5, 0.6) is 5.75 Å². The van der Waals surface area contributed by atoms with E-state index in [0.29, 0.717) is 11.3 Å². The Morgan fingerprint density at radius 2 is 1.61 bits per heavy atom. The predicted molar refractivity (Wildman–Crippen MR) is 80.0 cm³/mol. The molecule has 3 rings (SSSR count). The van der Waals surface area contributed by atoms with Gasteiger partial charge in [-0.3, -0.25) is 0 Å². The van der Waals surface area contributed by atoms with E-state index in [1.54, 1.807) is 42.5 Å². The Hall–Kier alpha value is -2.63. The van der Waals surface area contributed by atoms with E-state index in [-0.39, 0.29) is 11.3 Å². The number of hydrogen-bond donors (Lipinski definition) is 0. The number of alkyl halides is 3. The molecule has 1 heterocycles. The van der Waals surface area contributed by atoms with Crippen molar-refractivity contribution in [1.29, 1.82) is 0 Å². The van der Waals surface area contributed by atoms with Crippen LogP contribution >= 0.6 is 0 Å². The highest BCUT2D eigenvalue weighted by molar-refractivity contribution is 5.68. The average Bonchev–Trinajstić information content (AvgIpc) is 3.02. The summed E-state index contributed by atoms with van der Waals surface area (Å²) in [7, 11) is 1.52. The van der Waals surface area contributed by atoms with E-state index < -0.39 is 11.7 Å². The van der Waals surface area contributed by atoms with Gasteiger partial charge in [0.1, 0.15) is 5.75 Å². The van der Waals surface area contributed by atoms with E-state index in [1.807, 2.05) is 0 Å². The molecule has 1 atom stereocenters. The standard InChI is InChI=1S/C17H13F3N2O/c1-23-14-9-7-12(8-10-14)15-11-16(22-21-15,17(18,19)20)13-5-3-2-4-6-13/h2-11H,1H3. The number of nitrogens with zero attached hydrogens (tertiary/aromatic N) is 2. The van der Waals surface area contributed by atoms with Crippen LogP contribution in [0, 0.1) is 0 Å². The molecule has 1 aliphatic heterocycles. The second kappa shape index (κ2) is 5.53. The SMILES string of the molecule is COc1ccc(C2=CC(c3ccccc3)(C(F)(F)F)N=N2)cc1. The van der Waals surface area contributed by atoms with E-state index >= 15 is 0 Å². The summed E-state index contributed by atoms with van der Waals surface area (Å²) in [6.45, 7) is 0. The summed E-state index contributed by atoms with van der Waals surface area (Å²) in [6.07, 6.45) is -3.52. The van der Waals surface area contributed by atoms with E-state index in [2.05, 4.69) is 10.2 Å². The highest BCUT2D eigenvalue weighted by Crippen LogP contribution is 2.48.